The van der Waals surface area contributed by atoms with Gasteiger partial charge in [0.25, 0.3) is 0 Å². The van der Waals surface area contributed by atoms with Crippen LogP contribution in [-0.2, 0) is 9.63 Å². The van der Waals surface area contributed by atoms with Crippen LogP contribution in [0.4, 0.5) is 5.69 Å². The summed E-state index contributed by atoms with van der Waals surface area (Å²) in [4.78, 5) is 14.9. The van der Waals surface area contributed by atoms with Crippen molar-refractivity contribution in [1.82, 2.24) is 0 Å². The van der Waals surface area contributed by atoms with E-state index in [1.165, 1.54) is 0 Å². The van der Waals surface area contributed by atoms with Gasteiger partial charge < -0.3 is 5.11 Å². The van der Waals surface area contributed by atoms with Gasteiger partial charge in [-0.3, -0.25) is 10.3 Å². The zero-order valence-corrected chi connectivity index (χ0v) is 8.15. The second-order valence-corrected chi connectivity index (χ2v) is 2.95. The van der Waals surface area contributed by atoms with Crippen LogP contribution in [0.15, 0.2) is 18.2 Å². The van der Waals surface area contributed by atoms with E-state index >= 15 is 0 Å². The van der Waals surface area contributed by atoms with E-state index in [1.54, 1.807) is 18.2 Å². The lowest BCUT2D eigenvalue weighted by Gasteiger charge is -2.07. The molecule has 5 heteroatoms. The van der Waals surface area contributed by atoms with Crippen LogP contribution in [0, 0.1) is 18.3 Å². The van der Waals surface area contributed by atoms with Crippen LogP contribution >= 0.6 is 0 Å². The number of nitrogens with one attached hydrogen (secondary N) is 1. The molecule has 0 atom stereocenters. The maximum Gasteiger partial charge on any atom is 0.332 e. The highest BCUT2D eigenvalue weighted by Gasteiger charge is 2.03. The number of hydrogen-bond acceptors (Lipinski definition) is 4. The smallest absolute Gasteiger partial charge is 0.332 e. The molecule has 78 valence electrons. The predicted molar refractivity (Wildman–Crippen MR) is 53.1 cm³/mol. The van der Waals surface area contributed by atoms with Gasteiger partial charge in [-0.25, -0.2) is 4.79 Å². The molecule has 1 aromatic carbocycles. The number of anilines is 1. The maximum atomic E-state index is 10.2. The zero-order valence-electron chi connectivity index (χ0n) is 8.15. The molecule has 5 nitrogen and oxygen atoms in total. The Labute approximate surface area is 86.9 Å². The van der Waals surface area contributed by atoms with Crippen LogP contribution in [0.3, 0.4) is 0 Å². The first-order valence-electron chi connectivity index (χ1n) is 4.24. The third-order valence-corrected chi connectivity index (χ3v) is 1.67. The summed E-state index contributed by atoms with van der Waals surface area (Å²) in [7, 11) is 0. The molecule has 2 N–H and O–H groups in total. The van der Waals surface area contributed by atoms with Gasteiger partial charge in [0.2, 0.25) is 0 Å². The molecule has 0 heterocycles. The minimum absolute atomic E-state index is 0.408. The third kappa shape index (κ3) is 3.29. The standard InChI is InChI=1S/C10H10N2O3/c1-7-2-3-8(5-11)9(4-7)12-15-6-10(13)14/h2-4,12H,6H2,1H3,(H,13,14). The number of aliphatic carboxylic acids is 1. The molecule has 0 amide bonds. The van der Waals surface area contributed by atoms with Crippen LogP contribution in [0.25, 0.3) is 0 Å². The molecule has 0 saturated carbocycles. The maximum absolute atomic E-state index is 10.2. The number of carboxylic acid groups (broad SMARTS) is 1. The van der Waals surface area contributed by atoms with Crippen molar-refractivity contribution in [1.29, 1.82) is 5.26 Å². The van der Waals surface area contributed by atoms with Gasteiger partial charge in [0, 0.05) is 0 Å². The monoisotopic (exact) mass is 206 g/mol. The van der Waals surface area contributed by atoms with Gasteiger partial charge >= 0.3 is 5.97 Å². The summed E-state index contributed by atoms with van der Waals surface area (Å²) in [5, 5.41) is 17.1. The second kappa shape index (κ2) is 4.98. The molecule has 0 radical (unpaired) electrons. The number of carbonyl (C=O) groups is 1. The van der Waals surface area contributed by atoms with Gasteiger partial charge in [-0.1, -0.05) is 6.07 Å². The first kappa shape index (κ1) is 11.0. The average Bonchev–Trinajstić information content (AvgIpc) is 2.17. The molecule has 0 fully saturated rings. The Kier molecular flexibility index (Phi) is 3.66. The number of benzene rings is 1. The van der Waals surface area contributed by atoms with Crippen molar-refractivity contribution in [2.75, 3.05) is 12.1 Å². The number of aryl methyl sites for hydroxylation is 1. The molecule has 0 aliphatic carbocycles. The average molecular weight is 206 g/mol. The van der Waals surface area contributed by atoms with Gasteiger partial charge in [0.1, 0.15) is 6.07 Å². The first-order chi connectivity index (χ1) is 7.13. The van der Waals surface area contributed by atoms with E-state index in [0.29, 0.717) is 11.3 Å². The van der Waals surface area contributed by atoms with Crippen molar-refractivity contribution in [2.24, 2.45) is 0 Å². The summed E-state index contributed by atoms with van der Waals surface area (Å²) in [5.41, 5.74) is 4.27. The van der Waals surface area contributed by atoms with Crippen LogP contribution in [0.2, 0.25) is 0 Å². The highest BCUT2D eigenvalue weighted by molar-refractivity contribution is 5.68. The molecule has 1 rings (SSSR count). The molecule has 0 saturated heterocycles. The largest absolute Gasteiger partial charge is 0.479 e. The molecule has 15 heavy (non-hydrogen) atoms. The zero-order chi connectivity index (χ0) is 11.3. The van der Waals surface area contributed by atoms with Crippen molar-refractivity contribution in [2.45, 2.75) is 6.92 Å². The number of rotatable bonds is 4. The topological polar surface area (TPSA) is 82.3 Å². The van der Waals surface area contributed by atoms with Crippen molar-refractivity contribution in [3.63, 3.8) is 0 Å². The molecule has 1 aromatic rings. The van der Waals surface area contributed by atoms with Crippen LogP contribution < -0.4 is 5.48 Å². The summed E-state index contributed by atoms with van der Waals surface area (Å²) in [6.07, 6.45) is 0. The van der Waals surface area contributed by atoms with Crippen LogP contribution in [-0.4, -0.2) is 17.7 Å². The van der Waals surface area contributed by atoms with Crippen molar-refractivity contribution in [3.8, 4) is 6.07 Å². The summed E-state index contributed by atoms with van der Waals surface area (Å²) in [6.45, 7) is 1.41. The molecular weight excluding hydrogens is 196 g/mol. The van der Waals surface area contributed by atoms with Gasteiger partial charge in [-0.05, 0) is 24.6 Å². The SMILES string of the molecule is Cc1ccc(C#N)c(NOCC(=O)O)c1. The Morgan fingerprint density at radius 3 is 3.00 bits per heavy atom. The lowest BCUT2D eigenvalue weighted by molar-refractivity contribution is -0.141. The fourth-order valence-corrected chi connectivity index (χ4v) is 1.02. The summed E-state index contributed by atoms with van der Waals surface area (Å²) >= 11 is 0. The highest BCUT2D eigenvalue weighted by Crippen LogP contribution is 2.16. The molecule has 0 unspecified atom stereocenters. The van der Waals surface area contributed by atoms with E-state index < -0.39 is 12.6 Å². The Morgan fingerprint density at radius 1 is 1.67 bits per heavy atom. The van der Waals surface area contributed by atoms with Gasteiger partial charge in [-0.15, -0.1) is 0 Å². The quantitative estimate of drug-likeness (QED) is 0.725. The van der Waals surface area contributed by atoms with Crippen molar-refractivity contribution >= 4 is 11.7 Å². The molecular formula is C10H10N2O3. The Morgan fingerprint density at radius 2 is 2.40 bits per heavy atom. The second-order valence-electron chi connectivity index (χ2n) is 2.95. The minimum atomic E-state index is -1.08. The van der Waals surface area contributed by atoms with Gasteiger partial charge in [-0.2, -0.15) is 5.26 Å². The number of hydrogen-bond donors (Lipinski definition) is 2. The molecule has 0 aromatic heterocycles. The lowest BCUT2D eigenvalue weighted by Crippen LogP contribution is -2.12. The molecule has 0 aliphatic rings. The number of nitriles is 1. The summed E-state index contributed by atoms with van der Waals surface area (Å²) < 4.78 is 0. The first-order valence-corrected chi connectivity index (χ1v) is 4.24. The molecule has 0 bridgehead atoms. The van der Waals surface area contributed by atoms with E-state index in [4.69, 9.17) is 10.4 Å². The van der Waals surface area contributed by atoms with Crippen LogP contribution in [0.5, 0.6) is 0 Å². The predicted octanol–water partition coefficient (Wildman–Crippen LogP) is 1.29. The number of nitrogens with zero attached hydrogens (tertiary/aromatic N) is 1. The third-order valence-electron chi connectivity index (χ3n) is 1.67. The molecule has 0 spiro atoms. The van der Waals surface area contributed by atoms with E-state index in [1.807, 2.05) is 13.0 Å². The fraction of sp³-hybridized carbons (Fsp3) is 0.200. The Hall–Kier alpha value is -2.06. The highest BCUT2D eigenvalue weighted by atomic mass is 16.7. The van der Waals surface area contributed by atoms with Crippen molar-refractivity contribution in [3.05, 3.63) is 29.3 Å². The molecule has 0 aliphatic heterocycles. The van der Waals surface area contributed by atoms with E-state index in [0.717, 1.165) is 5.56 Å². The van der Waals surface area contributed by atoms with Gasteiger partial charge in [0.05, 0.1) is 11.3 Å². The summed E-state index contributed by atoms with van der Waals surface area (Å²) in [5.74, 6) is -1.08. The fourth-order valence-electron chi connectivity index (χ4n) is 1.02. The Balaban J connectivity index is 2.71. The summed E-state index contributed by atoms with van der Waals surface area (Å²) in [6, 6.07) is 7.11. The minimum Gasteiger partial charge on any atom is -0.479 e. The van der Waals surface area contributed by atoms with E-state index in [2.05, 4.69) is 10.3 Å². The van der Waals surface area contributed by atoms with Gasteiger partial charge in [0.15, 0.2) is 6.61 Å². The Bertz CT molecular complexity index is 410. The van der Waals surface area contributed by atoms with Crippen molar-refractivity contribution < 1.29 is 14.7 Å². The van der Waals surface area contributed by atoms with Crippen LogP contribution in [0.1, 0.15) is 11.1 Å². The normalized spacial score (nSPS) is 9.33. The number of carboxylic acids is 1. The van der Waals surface area contributed by atoms with E-state index in [-0.39, 0.29) is 0 Å². The van der Waals surface area contributed by atoms with E-state index in [9.17, 15) is 4.79 Å². The lowest BCUT2D eigenvalue weighted by atomic mass is 10.1.